The Balaban J connectivity index is 2.25. The van der Waals surface area contributed by atoms with Gasteiger partial charge in [0.25, 0.3) is 11.3 Å². The first-order valence-corrected chi connectivity index (χ1v) is 8.07. The fourth-order valence-corrected chi connectivity index (χ4v) is 2.77. The predicted octanol–water partition coefficient (Wildman–Crippen LogP) is 3.89. The first kappa shape index (κ1) is 17.6. The molecule has 134 valence electrons. The first-order valence-electron chi connectivity index (χ1n) is 8.07. The van der Waals surface area contributed by atoms with Gasteiger partial charge in [-0.05, 0) is 36.1 Å². The van der Waals surface area contributed by atoms with Crippen molar-refractivity contribution in [2.45, 2.75) is 33.4 Å². The van der Waals surface area contributed by atoms with Crippen molar-refractivity contribution in [1.29, 1.82) is 0 Å². The number of halogens is 1. The van der Waals surface area contributed by atoms with E-state index in [1.54, 1.807) is 19.1 Å². The van der Waals surface area contributed by atoms with Gasteiger partial charge in [-0.3, -0.25) is 9.36 Å². The van der Waals surface area contributed by atoms with Crippen LogP contribution in [0.15, 0.2) is 38.7 Å². The van der Waals surface area contributed by atoms with E-state index >= 15 is 0 Å². The summed E-state index contributed by atoms with van der Waals surface area (Å²) in [5.74, 6) is -0.173. The molecule has 1 atom stereocenters. The van der Waals surface area contributed by atoms with E-state index < -0.39 is 6.04 Å². The first-order chi connectivity index (χ1) is 12.4. The highest BCUT2D eigenvalue weighted by molar-refractivity contribution is 5.74. The van der Waals surface area contributed by atoms with Gasteiger partial charge in [-0.1, -0.05) is 36.3 Å². The number of hydrogen-bond donors (Lipinski definition) is 0. The van der Waals surface area contributed by atoms with Gasteiger partial charge in [0, 0.05) is 4.91 Å². The third-order valence-corrected chi connectivity index (χ3v) is 4.12. The third kappa shape index (κ3) is 3.16. The highest BCUT2D eigenvalue weighted by atomic mass is 19.1. The lowest BCUT2D eigenvalue weighted by atomic mass is 10.0. The van der Waals surface area contributed by atoms with Crippen molar-refractivity contribution in [2.75, 3.05) is 0 Å². The second-order valence-electron chi connectivity index (χ2n) is 6.33. The average Bonchev–Trinajstić information content (AvgIpc) is 2.98. The van der Waals surface area contributed by atoms with Crippen molar-refractivity contribution in [2.24, 2.45) is 11.0 Å². The molecule has 0 bridgehead atoms. The molecule has 3 rings (SSSR count). The predicted molar refractivity (Wildman–Crippen MR) is 93.0 cm³/mol. The van der Waals surface area contributed by atoms with Gasteiger partial charge in [0.1, 0.15) is 17.0 Å². The number of azide groups is 1. The van der Waals surface area contributed by atoms with Crippen LogP contribution in [-0.4, -0.2) is 14.7 Å². The van der Waals surface area contributed by atoms with Crippen LogP contribution in [0.3, 0.4) is 0 Å². The van der Waals surface area contributed by atoms with E-state index in [1.165, 1.54) is 16.7 Å². The summed E-state index contributed by atoms with van der Waals surface area (Å²) in [6.45, 7) is 5.55. The largest absolute Gasteiger partial charge is 0.335 e. The topological polar surface area (TPSA) is 110 Å². The summed E-state index contributed by atoms with van der Waals surface area (Å²) in [6.07, 6.45) is 0. The second-order valence-corrected chi connectivity index (χ2v) is 6.33. The van der Waals surface area contributed by atoms with Crippen molar-refractivity contribution < 1.29 is 8.91 Å². The lowest BCUT2D eigenvalue weighted by Crippen LogP contribution is -2.28. The summed E-state index contributed by atoms with van der Waals surface area (Å²) >= 11 is 0. The van der Waals surface area contributed by atoms with E-state index in [4.69, 9.17) is 10.1 Å². The van der Waals surface area contributed by atoms with Crippen LogP contribution in [0.4, 0.5) is 4.39 Å². The minimum Gasteiger partial charge on any atom is -0.335 e. The molecule has 0 amide bonds. The van der Waals surface area contributed by atoms with E-state index in [0.717, 1.165) is 0 Å². The zero-order chi connectivity index (χ0) is 18.8. The van der Waals surface area contributed by atoms with Gasteiger partial charge in [-0.15, -0.1) is 0 Å². The molecule has 9 heteroatoms. The minimum absolute atomic E-state index is 0.0984. The van der Waals surface area contributed by atoms with Crippen LogP contribution in [0.5, 0.6) is 0 Å². The van der Waals surface area contributed by atoms with Gasteiger partial charge in [-0.2, -0.15) is 4.98 Å². The molecule has 0 N–H and O–H groups in total. The molecule has 1 aromatic carbocycles. The summed E-state index contributed by atoms with van der Waals surface area (Å²) in [5, 5.41) is 7.88. The maximum atomic E-state index is 13.2. The molecule has 2 heterocycles. The summed E-state index contributed by atoms with van der Waals surface area (Å²) in [7, 11) is 0. The summed E-state index contributed by atoms with van der Waals surface area (Å²) in [5.41, 5.74) is 9.83. The van der Waals surface area contributed by atoms with Gasteiger partial charge in [0.05, 0.1) is 18.3 Å². The van der Waals surface area contributed by atoms with Gasteiger partial charge >= 0.3 is 0 Å². The summed E-state index contributed by atoms with van der Waals surface area (Å²) < 4.78 is 19.8. The molecule has 2 aromatic heterocycles. The van der Waals surface area contributed by atoms with Crippen molar-refractivity contribution in [3.63, 3.8) is 0 Å². The van der Waals surface area contributed by atoms with Gasteiger partial charge in [0.2, 0.25) is 0 Å². The van der Waals surface area contributed by atoms with Crippen LogP contribution >= 0.6 is 0 Å². The quantitative estimate of drug-likeness (QED) is 0.392. The van der Waals surface area contributed by atoms with Gasteiger partial charge in [0.15, 0.2) is 0 Å². The standard InChI is InChI=1S/C17H17FN6O2/c1-9(2)14(21-23-19)15-20-16-13(10(3)22-26-16)17(25)24(15)8-11-4-6-12(18)7-5-11/h4-7,9,14H,8H2,1-3H3. The van der Waals surface area contributed by atoms with Gasteiger partial charge in [-0.25, -0.2) is 4.39 Å². The van der Waals surface area contributed by atoms with E-state index in [9.17, 15) is 9.18 Å². The number of aryl methyl sites for hydroxylation is 1. The molecule has 0 fully saturated rings. The molecule has 0 saturated carbocycles. The SMILES string of the molecule is Cc1noc2nc(C(N=[N+]=[N-])C(C)C)n(Cc3ccc(F)cc3)c(=O)c12. The molecule has 0 aliphatic carbocycles. The number of hydrogen-bond acceptors (Lipinski definition) is 5. The Morgan fingerprint density at radius 2 is 2.04 bits per heavy atom. The van der Waals surface area contributed by atoms with Gasteiger partial charge < -0.3 is 4.52 Å². The smallest absolute Gasteiger partial charge is 0.267 e. The molecule has 8 nitrogen and oxygen atoms in total. The summed E-state index contributed by atoms with van der Waals surface area (Å²) in [4.78, 5) is 20.3. The fourth-order valence-electron chi connectivity index (χ4n) is 2.77. The number of fused-ring (bicyclic) bond motifs is 1. The molecule has 0 radical (unpaired) electrons. The van der Waals surface area contributed by atoms with Crippen molar-refractivity contribution >= 4 is 11.1 Å². The Hall–Kier alpha value is -3.19. The molecular weight excluding hydrogens is 339 g/mol. The molecule has 0 aliphatic heterocycles. The number of rotatable bonds is 5. The van der Waals surface area contributed by atoms with Crippen molar-refractivity contribution in [1.82, 2.24) is 14.7 Å². The van der Waals surface area contributed by atoms with Crippen LogP contribution in [0.2, 0.25) is 0 Å². The van der Waals surface area contributed by atoms with Crippen molar-refractivity contribution in [3.05, 3.63) is 68.0 Å². The number of aromatic nitrogens is 3. The fraction of sp³-hybridized carbons (Fsp3) is 0.353. The molecule has 0 saturated heterocycles. The molecule has 3 aromatic rings. The van der Waals surface area contributed by atoms with Crippen molar-refractivity contribution in [3.8, 4) is 0 Å². The molecule has 26 heavy (non-hydrogen) atoms. The van der Waals surface area contributed by atoms with Crippen LogP contribution in [-0.2, 0) is 6.54 Å². The maximum Gasteiger partial charge on any atom is 0.267 e. The monoisotopic (exact) mass is 356 g/mol. The van der Waals surface area contributed by atoms with Crippen LogP contribution in [0, 0.1) is 18.7 Å². The lowest BCUT2D eigenvalue weighted by molar-refractivity contribution is 0.428. The number of nitrogens with zero attached hydrogens (tertiary/aromatic N) is 6. The van der Waals surface area contributed by atoms with Crippen LogP contribution < -0.4 is 5.56 Å². The Kier molecular flexibility index (Phi) is 4.73. The Labute approximate surface area is 147 Å². The minimum atomic E-state index is -0.664. The second kappa shape index (κ2) is 6.97. The summed E-state index contributed by atoms with van der Waals surface area (Å²) in [6, 6.07) is 5.17. The molecule has 0 spiro atoms. The van der Waals surface area contributed by atoms with E-state index in [-0.39, 0.29) is 40.8 Å². The highest BCUT2D eigenvalue weighted by Gasteiger charge is 2.24. The zero-order valence-corrected chi connectivity index (χ0v) is 14.5. The third-order valence-electron chi connectivity index (χ3n) is 4.12. The van der Waals surface area contributed by atoms with E-state index in [1.807, 2.05) is 13.8 Å². The molecule has 1 unspecified atom stereocenters. The Bertz CT molecular complexity index is 1050. The van der Waals surface area contributed by atoms with Crippen LogP contribution in [0.25, 0.3) is 21.5 Å². The Morgan fingerprint density at radius 1 is 1.35 bits per heavy atom. The highest BCUT2D eigenvalue weighted by Crippen LogP contribution is 2.26. The normalized spacial score (nSPS) is 12.3. The maximum absolute atomic E-state index is 13.2. The van der Waals surface area contributed by atoms with E-state index in [2.05, 4.69) is 20.2 Å². The zero-order valence-electron chi connectivity index (χ0n) is 14.5. The lowest BCUT2D eigenvalue weighted by Gasteiger charge is -2.19. The van der Waals surface area contributed by atoms with E-state index in [0.29, 0.717) is 11.3 Å². The number of benzene rings is 1. The molecule has 0 aliphatic rings. The van der Waals surface area contributed by atoms with Crippen LogP contribution in [0.1, 0.15) is 37.0 Å². The Morgan fingerprint density at radius 3 is 2.65 bits per heavy atom. The molecular formula is C17H17FN6O2. The average molecular weight is 356 g/mol.